The molecular weight excluding hydrogens is 446 g/mol. The molecule has 0 aliphatic rings. The van der Waals surface area contributed by atoms with E-state index in [1.807, 2.05) is 36.4 Å². The Hall–Kier alpha value is -3.97. The lowest BCUT2D eigenvalue weighted by Gasteiger charge is -2.19. The van der Waals surface area contributed by atoms with E-state index in [1.165, 1.54) is 0 Å². The Morgan fingerprint density at radius 3 is 2.15 bits per heavy atom. The number of anilines is 2. The molecule has 1 heterocycles. The summed E-state index contributed by atoms with van der Waals surface area (Å²) >= 11 is 5.30. The number of thiocarbonyl (C=S) groups is 1. The standard InChI is InChI=1S/C27H25N3O3S/c1-27(2,3)19-13-11-17(12-14-19)24(31)30-26(34)29-21-9-6-8-20(16-21)28-25(32)23-15-18-7-4-5-10-22(18)33-23/h4-16H,1-3H3,(H,28,32)(H2,29,30,31,34). The molecule has 2 amide bonds. The van der Waals surface area contributed by atoms with Crippen LogP contribution < -0.4 is 16.0 Å². The fraction of sp³-hybridized carbons (Fsp3) is 0.148. The Kier molecular flexibility index (Phi) is 6.47. The normalized spacial score (nSPS) is 11.1. The van der Waals surface area contributed by atoms with Crippen LogP contribution in [0.2, 0.25) is 0 Å². The summed E-state index contributed by atoms with van der Waals surface area (Å²) in [5.74, 6) is -0.435. The van der Waals surface area contributed by atoms with Gasteiger partial charge in [0.05, 0.1) is 0 Å². The Morgan fingerprint density at radius 2 is 1.47 bits per heavy atom. The van der Waals surface area contributed by atoms with Crippen molar-refractivity contribution >= 4 is 51.5 Å². The van der Waals surface area contributed by atoms with Gasteiger partial charge in [0.1, 0.15) is 5.58 Å². The zero-order chi connectivity index (χ0) is 24.3. The Labute approximate surface area is 203 Å². The maximum Gasteiger partial charge on any atom is 0.291 e. The molecule has 3 aromatic carbocycles. The van der Waals surface area contributed by atoms with Gasteiger partial charge in [0.15, 0.2) is 10.9 Å². The molecule has 0 aliphatic carbocycles. The Bertz CT molecular complexity index is 1330. The topological polar surface area (TPSA) is 83.4 Å². The second-order valence-electron chi connectivity index (χ2n) is 8.92. The van der Waals surface area contributed by atoms with Crippen LogP contribution in [0.1, 0.15) is 47.2 Å². The van der Waals surface area contributed by atoms with Crippen molar-refractivity contribution in [1.82, 2.24) is 5.32 Å². The second-order valence-corrected chi connectivity index (χ2v) is 9.33. The van der Waals surface area contributed by atoms with Crippen molar-refractivity contribution in [2.75, 3.05) is 10.6 Å². The van der Waals surface area contributed by atoms with Crippen LogP contribution in [-0.2, 0) is 5.41 Å². The quantitative estimate of drug-likeness (QED) is 0.313. The highest BCUT2D eigenvalue weighted by molar-refractivity contribution is 7.80. The van der Waals surface area contributed by atoms with E-state index < -0.39 is 0 Å². The Morgan fingerprint density at radius 1 is 0.794 bits per heavy atom. The average molecular weight is 472 g/mol. The monoisotopic (exact) mass is 471 g/mol. The summed E-state index contributed by atoms with van der Waals surface area (Å²) in [6.45, 7) is 6.36. The molecule has 0 atom stereocenters. The van der Waals surface area contributed by atoms with Crippen molar-refractivity contribution in [2.24, 2.45) is 0 Å². The molecule has 0 unspecified atom stereocenters. The summed E-state index contributed by atoms with van der Waals surface area (Å²) in [4.78, 5) is 25.1. The molecule has 1 aromatic heterocycles. The molecule has 34 heavy (non-hydrogen) atoms. The zero-order valence-electron chi connectivity index (χ0n) is 19.1. The molecule has 7 heteroatoms. The third kappa shape index (κ3) is 5.50. The minimum atomic E-state index is -0.358. The average Bonchev–Trinajstić information content (AvgIpc) is 3.23. The number of benzene rings is 3. The SMILES string of the molecule is CC(C)(C)c1ccc(C(=O)NC(=S)Nc2cccc(NC(=O)c3cc4ccccc4o3)c2)cc1. The first-order valence-electron chi connectivity index (χ1n) is 10.8. The molecule has 0 fully saturated rings. The molecule has 0 saturated heterocycles. The van der Waals surface area contributed by atoms with Gasteiger partial charge in [0.25, 0.3) is 11.8 Å². The predicted molar refractivity (Wildman–Crippen MR) is 139 cm³/mol. The lowest BCUT2D eigenvalue weighted by molar-refractivity contribution is 0.0975. The van der Waals surface area contributed by atoms with Crippen molar-refractivity contribution in [3.8, 4) is 0 Å². The molecule has 0 aliphatic heterocycles. The van der Waals surface area contributed by atoms with E-state index in [4.69, 9.17) is 16.6 Å². The second kappa shape index (κ2) is 9.49. The van der Waals surface area contributed by atoms with E-state index >= 15 is 0 Å². The van der Waals surface area contributed by atoms with E-state index in [1.54, 1.807) is 42.5 Å². The summed E-state index contributed by atoms with van der Waals surface area (Å²) in [6, 6.07) is 23.6. The summed E-state index contributed by atoms with van der Waals surface area (Å²) in [6.07, 6.45) is 0. The smallest absolute Gasteiger partial charge is 0.291 e. The number of carbonyl (C=O) groups is 2. The predicted octanol–water partition coefficient (Wildman–Crippen LogP) is 6.11. The molecule has 172 valence electrons. The highest BCUT2D eigenvalue weighted by Gasteiger charge is 2.15. The fourth-order valence-corrected chi connectivity index (χ4v) is 3.63. The number of rotatable bonds is 4. The van der Waals surface area contributed by atoms with Gasteiger partial charge < -0.3 is 15.1 Å². The molecular formula is C27H25N3O3S. The summed E-state index contributed by atoms with van der Waals surface area (Å²) in [5.41, 5.74) is 3.50. The first kappa shape index (κ1) is 23.2. The minimum Gasteiger partial charge on any atom is -0.451 e. The molecule has 6 nitrogen and oxygen atoms in total. The van der Waals surface area contributed by atoms with Crippen molar-refractivity contribution < 1.29 is 14.0 Å². The van der Waals surface area contributed by atoms with Gasteiger partial charge in [-0.3, -0.25) is 14.9 Å². The number of furan rings is 1. The largest absolute Gasteiger partial charge is 0.451 e. The van der Waals surface area contributed by atoms with Gasteiger partial charge in [-0.1, -0.05) is 57.2 Å². The van der Waals surface area contributed by atoms with Crippen LogP contribution in [0.5, 0.6) is 0 Å². The molecule has 0 saturated carbocycles. The van der Waals surface area contributed by atoms with E-state index in [9.17, 15) is 9.59 Å². The van der Waals surface area contributed by atoms with E-state index in [2.05, 4.69) is 36.7 Å². The lowest BCUT2D eigenvalue weighted by Crippen LogP contribution is -2.34. The van der Waals surface area contributed by atoms with Gasteiger partial charge in [-0.25, -0.2) is 0 Å². The third-order valence-electron chi connectivity index (χ3n) is 5.27. The molecule has 0 spiro atoms. The number of para-hydroxylation sites is 1. The van der Waals surface area contributed by atoms with Crippen LogP contribution in [0.4, 0.5) is 11.4 Å². The van der Waals surface area contributed by atoms with E-state index in [-0.39, 0.29) is 28.1 Å². The summed E-state index contributed by atoms with van der Waals surface area (Å²) in [5, 5.41) is 9.49. The number of hydrogen-bond acceptors (Lipinski definition) is 4. The van der Waals surface area contributed by atoms with Gasteiger partial charge in [-0.15, -0.1) is 0 Å². The van der Waals surface area contributed by atoms with Gasteiger partial charge in [-0.2, -0.15) is 0 Å². The number of fused-ring (bicyclic) bond motifs is 1. The van der Waals surface area contributed by atoms with Crippen LogP contribution >= 0.6 is 12.2 Å². The molecule has 3 N–H and O–H groups in total. The van der Waals surface area contributed by atoms with Crippen molar-refractivity contribution in [3.63, 3.8) is 0 Å². The maximum absolute atomic E-state index is 12.6. The number of amides is 2. The van der Waals surface area contributed by atoms with Gasteiger partial charge >= 0.3 is 0 Å². The van der Waals surface area contributed by atoms with Crippen molar-refractivity contribution in [1.29, 1.82) is 0 Å². The van der Waals surface area contributed by atoms with Crippen LogP contribution in [-0.4, -0.2) is 16.9 Å². The van der Waals surface area contributed by atoms with Crippen molar-refractivity contribution in [3.05, 3.63) is 95.7 Å². The number of hydrogen-bond donors (Lipinski definition) is 3. The van der Waals surface area contributed by atoms with Crippen LogP contribution in [0, 0.1) is 0 Å². The molecule has 0 bridgehead atoms. The minimum absolute atomic E-state index is 0.0106. The van der Waals surface area contributed by atoms with Gasteiger partial charge in [-0.05, 0) is 65.7 Å². The highest BCUT2D eigenvalue weighted by atomic mass is 32.1. The van der Waals surface area contributed by atoms with E-state index in [0.29, 0.717) is 22.5 Å². The molecule has 4 rings (SSSR count). The third-order valence-corrected chi connectivity index (χ3v) is 5.47. The summed E-state index contributed by atoms with van der Waals surface area (Å²) in [7, 11) is 0. The molecule has 0 radical (unpaired) electrons. The zero-order valence-corrected chi connectivity index (χ0v) is 20.0. The summed E-state index contributed by atoms with van der Waals surface area (Å²) < 4.78 is 5.61. The fourth-order valence-electron chi connectivity index (χ4n) is 3.42. The van der Waals surface area contributed by atoms with Gasteiger partial charge in [0.2, 0.25) is 0 Å². The maximum atomic E-state index is 12.6. The number of nitrogens with one attached hydrogen (secondary N) is 3. The van der Waals surface area contributed by atoms with Crippen LogP contribution in [0.15, 0.2) is 83.3 Å². The Balaban J connectivity index is 1.37. The van der Waals surface area contributed by atoms with E-state index in [0.717, 1.165) is 10.9 Å². The first-order chi connectivity index (χ1) is 16.2. The van der Waals surface area contributed by atoms with Gasteiger partial charge in [0, 0.05) is 22.3 Å². The lowest BCUT2D eigenvalue weighted by atomic mass is 9.87. The van der Waals surface area contributed by atoms with Crippen LogP contribution in [0.3, 0.4) is 0 Å². The number of carbonyl (C=O) groups excluding carboxylic acids is 2. The van der Waals surface area contributed by atoms with Crippen molar-refractivity contribution in [2.45, 2.75) is 26.2 Å². The highest BCUT2D eigenvalue weighted by Crippen LogP contribution is 2.23. The first-order valence-corrected chi connectivity index (χ1v) is 11.2. The van der Waals surface area contributed by atoms with Crippen LogP contribution in [0.25, 0.3) is 11.0 Å². The molecule has 4 aromatic rings.